The minimum atomic E-state index is 0.105. The van der Waals surface area contributed by atoms with Crippen molar-refractivity contribution in [1.29, 1.82) is 0 Å². The molecule has 1 aromatic carbocycles. The molecule has 0 amide bonds. The van der Waals surface area contributed by atoms with Crippen LogP contribution < -0.4 is 10.1 Å². The van der Waals surface area contributed by atoms with E-state index in [0.717, 1.165) is 29.0 Å². The maximum Gasteiger partial charge on any atom is 0.222 e. The zero-order valence-corrected chi connectivity index (χ0v) is 11.9. The number of aryl methyl sites for hydroxylation is 1. The summed E-state index contributed by atoms with van der Waals surface area (Å²) in [5.74, 6) is 1.36. The molecule has 0 fully saturated rings. The lowest BCUT2D eigenvalue weighted by Crippen LogP contribution is -2.06. The second-order valence-corrected chi connectivity index (χ2v) is 4.68. The second-order valence-electron chi connectivity index (χ2n) is 4.68. The van der Waals surface area contributed by atoms with Crippen molar-refractivity contribution in [1.82, 2.24) is 10.3 Å². The number of hydrogen-bond acceptors (Lipinski definition) is 4. The van der Waals surface area contributed by atoms with E-state index in [1.54, 1.807) is 0 Å². The largest absolute Gasteiger partial charge is 0.438 e. The van der Waals surface area contributed by atoms with Crippen LogP contribution in [-0.2, 0) is 13.0 Å². The van der Waals surface area contributed by atoms with E-state index in [0.29, 0.717) is 12.3 Å². The van der Waals surface area contributed by atoms with Gasteiger partial charge in [0.1, 0.15) is 5.75 Å². The third-order valence-corrected chi connectivity index (χ3v) is 3.03. The van der Waals surface area contributed by atoms with E-state index in [1.807, 2.05) is 44.4 Å². The highest BCUT2D eigenvalue weighted by Crippen LogP contribution is 2.26. The molecule has 0 saturated carbocycles. The summed E-state index contributed by atoms with van der Waals surface area (Å²) in [5, 5.41) is 12.2. The van der Waals surface area contributed by atoms with Crippen LogP contribution in [0.15, 0.2) is 36.5 Å². The van der Waals surface area contributed by atoms with Gasteiger partial charge in [-0.15, -0.1) is 0 Å². The molecule has 1 heterocycles. The molecular weight excluding hydrogens is 252 g/mol. The first-order valence-electron chi connectivity index (χ1n) is 6.71. The van der Waals surface area contributed by atoms with E-state index in [9.17, 15) is 0 Å². The van der Waals surface area contributed by atoms with E-state index >= 15 is 0 Å². The van der Waals surface area contributed by atoms with Gasteiger partial charge in [-0.2, -0.15) is 0 Å². The SMILES string of the molecule is CNCc1cnc(Oc2ccccc2CCO)c(C)c1. The molecule has 2 rings (SSSR count). The highest BCUT2D eigenvalue weighted by Gasteiger charge is 2.08. The maximum absolute atomic E-state index is 9.08. The zero-order chi connectivity index (χ0) is 14.4. The Labute approximate surface area is 119 Å². The minimum absolute atomic E-state index is 0.105. The first-order valence-corrected chi connectivity index (χ1v) is 6.71. The van der Waals surface area contributed by atoms with Crippen LogP contribution in [0.25, 0.3) is 0 Å². The van der Waals surface area contributed by atoms with Crippen molar-refractivity contribution in [3.05, 3.63) is 53.2 Å². The summed E-state index contributed by atoms with van der Waals surface area (Å²) in [6.07, 6.45) is 2.39. The Bertz CT molecular complexity index is 570. The molecule has 0 radical (unpaired) electrons. The number of aliphatic hydroxyl groups is 1. The van der Waals surface area contributed by atoms with Crippen LogP contribution in [0.4, 0.5) is 0 Å². The quantitative estimate of drug-likeness (QED) is 0.848. The van der Waals surface area contributed by atoms with E-state index in [2.05, 4.69) is 16.4 Å². The Balaban J connectivity index is 2.21. The first kappa shape index (κ1) is 14.5. The molecule has 0 aliphatic rings. The number of para-hydroxylation sites is 1. The summed E-state index contributed by atoms with van der Waals surface area (Å²) in [4.78, 5) is 4.37. The van der Waals surface area contributed by atoms with Gasteiger partial charge in [-0.05, 0) is 43.7 Å². The Kier molecular flexibility index (Phi) is 5.09. The number of pyridine rings is 1. The molecule has 4 heteroatoms. The lowest BCUT2D eigenvalue weighted by molar-refractivity contribution is 0.297. The molecule has 1 aromatic heterocycles. The van der Waals surface area contributed by atoms with Gasteiger partial charge in [-0.3, -0.25) is 0 Å². The maximum atomic E-state index is 9.08. The Morgan fingerprint density at radius 2 is 2.10 bits per heavy atom. The fourth-order valence-corrected chi connectivity index (χ4v) is 2.06. The topological polar surface area (TPSA) is 54.4 Å². The minimum Gasteiger partial charge on any atom is -0.438 e. The second kappa shape index (κ2) is 7.03. The predicted octanol–water partition coefficient (Wildman–Crippen LogP) is 2.44. The van der Waals surface area contributed by atoms with Crippen LogP contribution in [0.3, 0.4) is 0 Å². The van der Waals surface area contributed by atoms with Crippen LogP contribution in [0.5, 0.6) is 11.6 Å². The van der Waals surface area contributed by atoms with E-state index in [-0.39, 0.29) is 6.61 Å². The van der Waals surface area contributed by atoms with Gasteiger partial charge < -0.3 is 15.2 Å². The van der Waals surface area contributed by atoms with E-state index < -0.39 is 0 Å². The van der Waals surface area contributed by atoms with Gasteiger partial charge in [0.05, 0.1) is 0 Å². The van der Waals surface area contributed by atoms with Crippen molar-refractivity contribution in [2.75, 3.05) is 13.7 Å². The zero-order valence-electron chi connectivity index (χ0n) is 11.9. The van der Waals surface area contributed by atoms with Crippen molar-refractivity contribution in [3.8, 4) is 11.6 Å². The van der Waals surface area contributed by atoms with Gasteiger partial charge in [-0.25, -0.2) is 4.98 Å². The first-order chi connectivity index (χ1) is 9.74. The molecule has 0 aliphatic heterocycles. The van der Waals surface area contributed by atoms with Crippen molar-refractivity contribution < 1.29 is 9.84 Å². The lowest BCUT2D eigenvalue weighted by Gasteiger charge is -2.12. The molecule has 2 N–H and O–H groups in total. The van der Waals surface area contributed by atoms with E-state index in [4.69, 9.17) is 9.84 Å². The van der Waals surface area contributed by atoms with Crippen molar-refractivity contribution in [3.63, 3.8) is 0 Å². The summed E-state index contributed by atoms with van der Waals surface area (Å²) in [7, 11) is 1.91. The molecule has 0 aliphatic carbocycles. The molecule has 0 saturated heterocycles. The van der Waals surface area contributed by atoms with Crippen LogP contribution in [0.2, 0.25) is 0 Å². The van der Waals surface area contributed by atoms with Crippen LogP contribution in [-0.4, -0.2) is 23.7 Å². The third kappa shape index (κ3) is 3.56. The molecule has 0 spiro atoms. The van der Waals surface area contributed by atoms with Gasteiger partial charge in [0, 0.05) is 24.9 Å². The van der Waals surface area contributed by atoms with Gasteiger partial charge in [0.15, 0.2) is 0 Å². The Morgan fingerprint density at radius 1 is 1.30 bits per heavy atom. The molecule has 20 heavy (non-hydrogen) atoms. The third-order valence-electron chi connectivity index (χ3n) is 3.03. The summed E-state index contributed by atoms with van der Waals surface area (Å²) in [5.41, 5.74) is 3.10. The number of hydrogen-bond donors (Lipinski definition) is 2. The number of nitrogens with one attached hydrogen (secondary N) is 1. The fourth-order valence-electron chi connectivity index (χ4n) is 2.06. The molecule has 106 valence electrons. The normalized spacial score (nSPS) is 10.6. The molecule has 2 aromatic rings. The number of aliphatic hydroxyl groups excluding tert-OH is 1. The highest BCUT2D eigenvalue weighted by molar-refractivity contribution is 5.38. The Morgan fingerprint density at radius 3 is 2.80 bits per heavy atom. The molecule has 0 atom stereocenters. The van der Waals surface area contributed by atoms with Gasteiger partial charge in [0.2, 0.25) is 5.88 Å². The summed E-state index contributed by atoms with van der Waals surface area (Å²) >= 11 is 0. The van der Waals surface area contributed by atoms with Crippen molar-refractivity contribution in [2.45, 2.75) is 19.9 Å². The van der Waals surface area contributed by atoms with Crippen LogP contribution >= 0.6 is 0 Å². The predicted molar refractivity (Wildman–Crippen MR) is 79.0 cm³/mol. The molecule has 0 bridgehead atoms. The summed E-state index contributed by atoms with van der Waals surface area (Å²) in [6.45, 7) is 2.87. The summed E-state index contributed by atoms with van der Waals surface area (Å²) < 4.78 is 5.88. The number of benzene rings is 1. The van der Waals surface area contributed by atoms with Crippen molar-refractivity contribution >= 4 is 0 Å². The van der Waals surface area contributed by atoms with Gasteiger partial charge in [0.25, 0.3) is 0 Å². The number of rotatable bonds is 6. The Hall–Kier alpha value is -1.91. The van der Waals surface area contributed by atoms with Crippen LogP contribution in [0.1, 0.15) is 16.7 Å². The smallest absolute Gasteiger partial charge is 0.222 e. The van der Waals surface area contributed by atoms with Gasteiger partial charge >= 0.3 is 0 Å². The molecule has 4 nitrogen and oxygen atoms in total. The average molecular weight is 272 g/mol. The van der Waals surface area contributed by atoms with Crippen molar-refractivity contribution in [2.24, 2.45) is 0 Å². The average Bonchev–Trinajstić information content (AvgIpc) is 2.44. The molecular formula is C16H20N2O2. The van der Waals surface area contributed by atoms with Crippen LogP contribution in [0, 0.1) is 6.92 Å². The van der Waals surface area contributed by atoms with Gasteiger partial charge in [-0.1, -0.05) is 18.2 Å². The number of nitrogens with zero attached hydrogens (tertiary/aromatic N) is 1. The lowest BCUT2D eigenvalue weighted by atomic mass is 10.1. The highest BCUT2D eigenvalue weighted by atomic mass is 16.5. The molecule has 0 unspecified atom stereocenters. The summed E-state index contributed by atoms with van der Waals surface area (Å²) in [6, 6.07) is 9.77. The monoisotopic (exact) mass is 272 g/mol. The van der Waals surface area contributed by atoms with E-state index in [1.165, 1.54) is 0 Å². The fraction of sp³-hybridized carbons (Fsp3) is 0.312. The standard InChI is InChI=1S/C16H20N2O2/c1-12-9-13(10-17-2)11-18-16(12)20-15-6-4-3-5-14(15)7-8-19/h3-6,9,11,17,19H,7-8,10H2,1-2H3. The number of ether oxygens (including phenoxy) is 1. The number of aromatic nitrogens is 1.